The maximum atomic E-state index is 13.1. The fourth-order valence-corrected chi connectivity index (χ4v) is 5.33. The molecule has 2 heterocycles. The second-order valence-corrected chi connectivity index (χ2v) is 9.41. The molecule has 182 valence electrons. The van der Waals surface area contributed by atoms with E-state index in [0.717, 1.165) is 5.56 Å². The molecule has 0 aliphatic carbocycles. The average molecular weight is 497 g/mol. The van der Waals surface area contributed by atoms with E-state index >= 15 is 0 Å². The summed E-state index contributed by atoms with van der Waals surface area (Å²) in [7, 11) is 3.56. The van der Waals surface area contributed by atoms with Gasteiger partial charge in [-0.2, -0.15) is 0 Å². The zero-order valence-corrected chi connectivity index (χ0v) is 20.0. The molecular formula is C24H24N4O6S. The van der Waals surface area contributed by atoms with E-state index < -0.39 is 22.3 Å². The monoisotopic (exact) mass is 496 g/mol. The molecule has 35 heavy (non-hydrogen) atoms. The molecule has 2 amide bonds. The van der Waals surface area contributed by atoms with Gasteiger partial charge in [0.25, 0.3) is 11.6 Å². The Morgan fingerprint density at radius 1 is 1.14 bits per heavy atom. The first-order valence-electron chi connectivity index (χ1n) is 10.8. The van der Waals surface area contributed by atoms with Crippen LogP contribution in [-0.2, 0) is 32.1 Å². The molecule has 0 saturated carbocycles. The smallest absolute Gasteiger partial charge is 0.357 e. The third kappa shape index (κ3) is 5.14. The molecule has 2 aliphatic heterocycles. The lowest BCUT2D eigenvalue weighted by Crippen LogP contribution is -2.71. The third-order valence-electron chi connectivity index (χ3n) is 5.72. The molecule has 2 aromatic rings. The van der Waals surface area contributed by atoms with Gasteiger partial charge < -0.3 is 15.0 Å². The van der Waals surface area contributed by atoms with E-state index in [1.165, 1.54) is 40.9 Å². The second kappa shape index (κ2) is 10.2. The molecule has 1 fully saturated rings. The van der Waals surface area contributed by atoms with Crippen molar-refractivity contribution in [2.45, 2.75) is 24.4 Å². The Kier molecular flexibility index (Phi) is 7.06. The van der Waals surface area contributed by atoms with E-state index in [1.54, 1.807) is 19.0 Å². The van der Waals surface area contributed by atoms with Gasteiger partial charge in [0, 0.05) is 32.0 Å². The molecule has 0 radical (unpaired) electrons. The number of nitrogens with one attached hydrogen (secondary N) is 1. The minimum Gasteiger partial charge on any atom is -0.456 e. The highest BCUT2D eigenvalue weighted by molar-refractivity contribution is 8.00. The van der Waals surface area contributed by atoms with Crippen LogP contribution in [-0.4, -0.2) is 63.8 Å². The number of fused-ring (bicyclic) bond motifs is 1. The van der Waals surface area contributed by atoms with Gasteiger partial charge in [-0.3, -0.25) is 24.6 Å². The Morgan fingerprint density at radius 3 is 2.46 bits per heavy atom. The minimum absolute atomic E-state index is 0.0589. The topological polar surface area (TPSA) is 122 Å². The highest BCUT2D eigenvalue weighted by Crippen LogP contribution is 2.41. The average Bonchev–Trinajstić information content (AvgIpc) is 2.85. The van der Waals surface area contributed by atoms with Gasteiger partial charge >= 0.3 is 5.97 Å². The fraction of sp³-hybridized carbons (Fsp3) is 0.292. The van der Waals surface area contributed by atoms with Crippen molar-refractivity contribution in [2.24, 2.45) is 0 Å². The number of esters is 1. The van der Waals surface area contributed by atoms with Crippen LogP contribution in [0.4, 0.5) is 5.69 Å². The molecule has 10 nitrogen and oxygen atoms in total. The van der Waals surface area contributed by atoms with Crippen molar-refractivity contribution in [3.63, 3.8) is 0 Å². The normalized spacial score (nSPS) is 18.9. The summed E-state index contributed by atoms with van der Waals surface area (Å²) < 4.78 is 5.46. The van der Waals surface area contributed by atoms with Crippen LogP contribution in [0.3, 0.4) is 0 Å². The lowest BCUT2D eigenvalue weighted by atomic mass is 10.0. The van der Waals surface area contributed by atoms with Gasteiger partial charge in [-0.15, -0.1) is 11.8 Å². The number of rotatable bonds is 8. The molecule has 4 rings (SSSR count). The molecule has 1 saturated heterocycles. The second-order valence-electron chi connectivity index (χ2n) is 8.31. The first kappa shape index (κ1) is 24.3. The van der Waals surface area contributed by atoms with Crippen molar-refractivity contribution in [3.8, 4) is 0 Å². The molecule has 0 aromatic heterocycles. The summed E-state index contributed by atoms with van der Waals surface area (Å²) in [6.45, 7) is -0.0991. The molecule has 0 bridgehead atoms. The SMILES string of the molecule is CN(C)C1=C(C(=O)OCc2ccc([N+](=O)[O-])cc2)N2C(=O)C(NC(=O)Cc3ccccc3)[C@@H]2SC1. The van der Waals surface area contributed by atoms with Crippen LogP contribution in [0.2, 0.25) is 0 Å². The Bertz CT molecular complexity index is 1180. The van der Waals surface area contributed by atoms with E-state index in [-0.39, 0.29) is 36.2 Å². The standard InChI is InChI=1S/C24H24N4O6S/c1-26(2)18-14-35-23-20(25-19(29)12-15-6-4-3-5-7-15)22(30)27(23)21(18)24(31)34-13-16-8-10-17(11-9-16)28(32)33/h3-11,20,23H,12-14H2,1-2H3,(H,25,29)/t20?,23-/m0/s1. The number of carbonyl (C=O) groups excluding carboxylic acids is 3. The molecule has 2 aliphatic rings. The minimum atomic E-state index is -0.725. The Labute approximate surface area is 206 Å². The molecule has 1 unspecified atom stereocenters. The number of nitro groups is 1. The summed E-state index contributed by atoms with van der Waals surface area (Å²) in [6.07, 6.45) is 0.158. The van der Waals surface area contributed by atoms with Crippen molar-refractivity contribution >= 4 is 35.2 Å². The molecule has 2 atom stereocenters. The number of amides is 2. The van der Waals surface area contributed by atoms with E-state index in [0.29, 0.717) is 17.0 Å². The molecule has 11 heteroatoms. The number of non-ortho nitro benzene ring substituents is 1. The first-order valence-corrected chi connectivity index (χ1v) is 11.9. The number of thioether (sulfide) groups is 1. The fourth-order valence-electron chi connectivity index (χ4n) is 3.87. The van der Waals surface area contributed by atoms with Gasteiger partial charge in [-0.1, -0.05) is 30.3 Å². The molecule has 1 N–H and O–H groups in total. The largest absolute Gasteiger partial charge is 0.456 e. The zero-order chi connectivity index (χ0) is 25.1. The summed E-state index contributed by atoms with van der Waals surface area (Å²) in [5, 5.41) is 13.2. The lowest BCUT2D eigenvalue weighted by molar-refractivity contribution is -0.384. The number of benzene rings is 2. The van der Waals surface area contributed by atoms with Crippen LogP contribution in [0.25, 0.3) is 0 Å². The van der Waals surface area contributed by atoms with Crippen LogP contribution in [0, 0.1) is 10.1 Å². The van der Waals surface area contributed by atoms with Crippen molar-refractivity contribution in [3.05, 3.63) is 87.2 Å². The summed E-state index contributed by atoms with van der Waals surface area (Å²) in [5.41, 5.74) is 2.16. The van der Waals surface area contributed by atoms with Crippen molar-refractivity contribution < 1.29 is 24.0 Å². The highest BCUT2D eigenvalue weighted by atomic mass is 32.2. The van der Waals surface area contributed by atoms with Crippen LogP contribution < -0.4 is 5.32 Å². The molecular weight excluding hydrogens is 472 g/mol. The summed E-state index contributed by atoms with van der Waals surface area (Å²) >= 11 is 1.47. The molecule has 2 aromatic carbocycles. The third-order valence-corrected chi connectivity index (χ3v) is 6.99. The maximum absolute atomic E-state index is 13.1. The van der Waals surface area contributed by atoms with Gasteiger partial charge in [0.2, 0.25) is 5.91 Å². The van der Waals surface area contributed by atoms with E-state index in [2.05, 4.69) is 5.32 Å². The summed E-state index contributed by atoms with van der Waals surface area (Å²) in [6, 6.07) is 14.2. The zero-order valence-electron chi connectivity index (χ0n) is 19.2. The highest BCUT2D eigenvalue weighted by Gasteiger charge is 2.54. The lowest BCUT2D eigenvalue weighted by Gasteiger charge is -2.50. The number of nitro benzene ring substituents is 1. The number of hydrogen-bond donors (Lipinski definition) is 1. The molecule has 0 spiro atoms. The van der Waals surface area contributed by atoms with Crippen molar-refractivity contribution in [1.29, 1.82) is 0 Å². The van der Waals surface area contributed by atoms with E-state index in [9.17, 15) is 24.5 Å². The van der Waals surface area contributed by atoms with Crippen LogP contribution >= 0.6 is 11.8 Å². The summed E-state index contributed by atoms with van der Waals surface area (Å²) in [5.74, 6) is -0.835. The van der Waals surface area contributed by atoms with Gasteiger partial charge in [-0.25, -0.2) is 4.79 Å². The number of hydrogen-bond acceptors (Lipinski definition) is 8. The van der Waals surface area contributed by atoms with Gasteiger partial charge in [0.05, 0.1) is 17.0 Å². The quantitative estimate of drug-likeness (QED) is 0.255. The first-order chi connectivity index (χ1) is 16.8. The van der Waals surface area contributed by atoms with Gasteiger partial charge in [0.15, 0.2) is 5.70 Å². The maximum Gasteiger partial charge on any atom is 0.357 e. The number of carbonyl (C=O) groups is 3. The van der Waals surface area contributed by atoms with Crippen molar-refractivity contribution in [2.75, 3.05) is 19.8 Å². The predicted octanol–water partition coefficient (Wildman–Crippen LogP) is 2.05. The number of nitrogens with zero attached hydrogens (tertiary/aromatic N) is 3. The van der Waals surface area contributed by atoms with Gasteiger partial charge in [0.1, 0.15) is 18.0 Å². The van der Waals surface area contributed by atoms with Crippen LogP contribution in [0.5, 0.6) is 0 Å². The van der Waals surface area contributed by atoms with Gasteiger partial charge in [-0.05, 0) is 23.3 Å². The Morgan fingerprint density at radius 2 is 1.83 bits per heavy atom. The summed E-state index contributed by atoms with van der Waals surface area (Å²) in [4.78, 5) is 52.0. The predicted molar refractivity (Wildman–Crippen MR) is 129 cm³/mol. The Hall–Kier alpha value is -3.86. The Balaban J connectivity index is 1.44. The van der Waals surface area contributed by atoms with Crippen molar-refractivity contribution in [1.82, 2.24) is 15.1 Å². The number of β-lactam (4-membered cyclic amide) rings is 1. The van der Waals surface area contributed by atoms with E-state index in [4.69, 9.17) is 4.74 Å². The van der Waals surface area contributed by atoms with Crippen LogP contribution in [0.15, 0.2) is 66.0 Å². The van der Waals surface area contributed by atoms with E-state index in [1.807, 2.05) is 30.3 Å². The number of ether oxygens (including phenoxy) is 1. The van der Waals surface area contributed by atoms with Crippen LogP contribution in [0.1, 0.15) is 11.1 Å².